The van der Waals surface area contributed by atoms with Crippen molar-refractivity contribution in [1.82, 2.24) is 5.32 Å². The van der Waals surface area contributed by atoms with Gasteiger partial charge in [-0.15, -0.1) is 0 Å². The van der Waals surface area contributed by atoms with Crippen LogP contribution in [0.25, 0.3) is 0 Å². The maximum absolute atomic E-state index is 13.1. The van der Waals surface area contributed by atoms with Gasteiger partial charge >= 0.3 is 6.61 Å². The third kappa shape index (κ3) is 4.88. The smallest absolute Gasteiger partial charge is 0.387 e. The van der Waals surface area contributed by atoms with Crippen LogP contribution in [0.1, 0.15) is 27.5 Å². The first kappa shape index (κ1) is 18.5. The second-order valence-corrected chi connectivity index (χ2v) is 5.77. The zero-order chi connectivity index (χ0) is 19.2. The van der Waals surface area contributed by atoms with E-state index in [9.17, 15) is 18.0 Å². The van der Waals surface area contributed by atoms with Gasteiger partial charge in [0.15, 0.2) is 0 Å². The molecular formula is C21H16F3NO2. The normalized spacial score (nSPS) is 11.9. The van der Waals surface area contributed by atoms with Crippen molar-refractivity contribution < 1.29 is 22.7 Å². The topological polar surface area (TPSA) is 38.3 Å². The van der Waals surface area contributed by atoms with Crippen LogP contribution in [0.4, 0.5) is 13.2 Å². The highest BCUT2D eigenvalue weighted by molar-refractivity contribution is 5.94. The lowest BCUT2D eigenvalue weighted by Gasteiger charge is -2.20. The van der Waals surface area contributed by atoms with Crippen LogP contribution < -0.4 is 10.1 Å². The number of hydrogen-bond donors (Lipinski definition) is 1. The van der Waals surface area contributed by atoms with E-state index in [0.29, 0.717) is 11.1 Å². The molecule has 0 radical (unpaired) electrons. The minimum Gasteiger partial charge on any atom is -0.435 e. The van der Waals surface area contributed by atoms with Gasteiger partial charge in [-0.25, -0.2) is 4.39 Å². The largest absolute Gasteiger partial charge is 0.435 e. The van der Waals surface area contributed by atoms with Gasteiger partial charge in [-0.2, -0.15) is 8.78 Å². The number of nitrogens with one attached hydrogen (secondary N) is 1. The Morgan fingerprint density at radius 2 is 1.41 bits per heavy atom. The van der Waals surface area contributed by atoms with E-state index in [1.807, 2.05) is 30.3 Å². The van der Waals surface area contributed by atoms with Gasteiger partial charge in [-0.1, -0.05) is 42.5 Å². The van der Waals surface area contributed by atoms with Gasteiger partial charge in [0, 0.05) is 5.56 Å². The Kier molecular flexibility index (Phi) is 5.76. The second-order valence-electron chi connectivity index (χ2n) is 5.77. The number of rotatable bonds is 6. The highest BCUT2D eigenvalue weighted by Gasteiger charge is 2.18. The molecule has 0 aliphatic rings. The molecule has 0 bridgehead atoms. The molecule has 0 aromatic heterocycles. The first-order chi connectivity index (χ1) is 13.0. The molecular weight excluding hydrogens is 355 g/mol. The fourth-order valence-corrected chi connectivity index (χ4v) is 2.66. The van der Waals surface area contributed by atoms with E-state index in [2.05, 4.69) is 10.1 Å². The molecule has 3 rings (SSSR count). The van der Waals surface area contributed by atoms with E-state index in [-0.39, 0.29) is 11.7 Å². The summed E-state index contributed by atoms with van der Waals surface area (Å²) in [6.07, 6.45) is 0. The maximum Gasteiger partial charge on any atom is 0.387 e. The average Bonchev–Trinajstić information content (AvgIpc) is 2.67. The highest BCUT2D eigenvalue weighted by atomic mass is 19.3. The average molecular weight is 371 g/mol. The van der Waals surface area contributed by atoms with E-state index < -0.39 is 18.5 Å². The van der Waals surface area contributed by atoms with Crippen molar-refractivity contribution in [2.45, 2.75) is 12.7 Å². The molecule has 0 saturated carbocycles. The van der Waals surface area contributed by atoms with Gasteiger partial charge in [0.05, 0.1) is 6.04 Å². The number of carbonyl (C=O) groups excluding carboxylic acids is 1. The van der Waals surface area contributed by atoms with E-state index in [1.165, 1.54) is 36.4 Å². The Hall–Kier alpha value is -3.28. The fourth-order valence-electron chi connectivity index (χ4n) is 2.66. The van der Waals surface area contributed by atoms with Crippen molar-refractivity contribution >= 4 is 5.91 Å². The lowest BCUT2D eigenvalue weighted by atomic mass is 9.98. The van der Waals surface area contributed by atoms with Crippen LogP contribution in [0.3, 0.4) is 0 Å². The second kappa shape index (κ2) is 8.40. The molecule has 0 saturated heterocycles. The Balaban J connectivity index is 1.87. The molecule has 0 fully saturated rings. The number of benzene rings is 3. The number of carbonyl (C=O) groups is 1. The molecule has 0 spiro atoms. The number of halogens is 3. The van der Waals surface area contributed by atoms with Crippen molar-refractivity contribution in [2.24, 2.45) is 0 Å². The van der Waals surface area contributed by atoms with Crippen molar-refractivity contribution in [1.29, 1.82) is 0 Å². The predicted octanol–water partition coefficient (Wildman–Crippen LogP) is 4.95. The predicted molar refractivity (Wildman–Crippen MR) is 95.2 cm³/mol. The van der Waals surface area contributed by atoms with Crippen LogP contribution in [0.5, 0.6) is 5.75 Å². The van der Waals surface area contributed by atoms with Gasteiger partial charge in [0.25, 0.3) is 5.91 Å². The Labute approximate surface area is 154 Å². The van der Waals surface area contributed by atoms with Crippen molar-refractivity contribution in [2.75, 3.05) is 0 Å². The van der Waals surface area contributed by atoms with Crippen LogP contribution >= 0.6 is 0 Å². The van der Waals surface area contributed by atoms with Crippen molar-refractivity contribution in [3.05, 3.63) is 101 Å². The van der Waals surface area contributed by atoms with Gasteiger partial charge in [-0.3, -0.25) is 4.79 Å². The molecule has 1 N–H and O–H groups in total. The molecule has 1 amide bonds. The summed E-state index contributed by atoms with van der Waals surface area (Å²) in [7, 11) is 0. The van der Waals surface area contributed by atoms with Crippen molar-refractivity contribution in [3.63, 3.8) is 0 Å². The quantitative estimate of drug-likeness (QED) is 0.666. The van der Waals surface area contributed by atoms with Gasteiger partial charge < -0.3 is 10.1 Å². The fraction of sp³-hybridized carbons (Fsp3) is 0.0952. The molecule has 1 atom stereocenters. The molecule has 0 aliphatic heterocycles. The maximum atomic E-state index is 13.1. The lowest BCUT2D eigenvalue weighted by Crippen LogP contribution is -2.29. The summed E-state index contributed by atoms with van der Waals surface area (Å²) in [5.74, 6) is -0.775. The molecule has 0 heterocycles. The van der Waals surface area contributed by atoms with E-state index in [0.717, 1.165) is 5.56 Å². The summed E-state index contributed by atoms with van der Waals surface area (Å²) in [5.41, 5.74) is 1.82. The van der Waals surface area contributed by atoms with Crippen LogP contribution in [0.15, 0.2) is 78.9 Å². The first-order valence-electron chi connectivity index (χ1n) is 8.19. The summed E-state index contributed by atoms with van der Waals surface area (Å²) in [5, 5.41) is 2.90. The number of ether oxygens (including phenoxy) is 1. The third-order valence-electron chi connectivity index (χ3n) is 3.95. The van der Waals surface area contributed by atoms with E-state index in [4.69, 9.17) is 0 Å². The Morgan fingerprint density at radius 1 is 0.815 bits per heavy atom. The number of hydrogen-bond acceptors (Lipinski definition) is 2. The summed E-state index contributed by atoms with van der Waals surface area (Å²) < 4.78 is 42.1. The molecule has 3 aromatic carbocycles. The van der Waals surface area contributed by atoms with Gasteiger partial charge in [0.1, 0.15) is 11.6 Å². The molecule has 3 aromatic rings. The molecule has 138 valence electrons. The molecule has 0 aliphatic carbocycles. The lowest BCUT2D eigenvalue weighted by molar-refractivity contribution is -0.0498. The van der Waals surface area contributed by atoms with Crippen LogP contribution in [0, 0.1) is 5.82 Å². The zero-order valence-electron chi connectivity index (χ0n) is 14.1. The number of alkyl halides is 2. The van der Waals surface area contributed by atoms with E-state index >= 15 is 0 Å². The Morgan fingerprint density at radius 3 is 2.00 bits per heavy atom. The minimum absolute atomic E-state index is 0.0328. The van der Waals surface area contributed by atoms with E-state index in [1.54, 1.807) is 12.1 Å². The van der Waals surface area contributed by atoms with Gasteiger partial charge in [0.2, 0.25) is 0 Å². The summed E-state index contributed by atoms with van der Waals surface area (Å²) in [6.45, 7) is -2.90. The molecule has 6 heteroatoms. The highest BCUT2D eigenvalue weighted by Crippen LogP contribution is 2.25. The first-order valence-corrected chi connectivity index (χ1v) is 8.19. The van der Waals surface area contributed by atoms with Crippen LogP contribution in [0.2, 0.25) is 0 Å². The molecule has 27 heavy (non-hydrogen) atoms. The summed E-state index contributed by atoms with van der Waals surface area (Å²) >= 11 is 0. The zero-order valence-corrected chi connectivity index (χ0v) is 14.1. The SMILES string of the molecule is O=C(N[C@H](c1ccccc1)c1ccc(OC(F)F)cc1)c1ccc(F)cc1. The molecule has 0 unspecified atom stereocenters. The third-order valence-corrected chi connectivity index (χ3v) is 3.95. The van der Waals surface area contributed by atoms with Gasteiger partial charge in [-0.05, 0) is 47.5 Å². The Bertz CT molecular complexity index is 882. The van der Waals surface area contributed by atoms with Crippen LogP contribution in [-0.4, -0.2) is 12.5 Å². The standard InChI is InChI=1S/C21H16F3NO2/c22-17-10-6-16(7-11-17)20(26)25-19(14-4-2-1-3-5-14)15-8-12-18(13-9-15)27-21(23)24/h1-13,19,21H,(H,25,26)/t19-/m1/s1. The monoisotopic (exact) mass is 371 g/mol. The summed E-state index contributed by atoms with van der Waals surface area (Å²) in [6, 6.07) is 20.0. The van der Waals surface area contributed by atoms with Crippen molar-refractivity contribution in [3.8, 4) is 5.75 Å². The minimum atomic E-state index is -2.90. The molecule has 3 nitrogen and oxygen atoms in total. The van der Waals surface area contributed by atoms with Crippen LogP contribution in [-0.2, 0) is 0 Å². The summed E-state index contributed by atoms with van der Waals surface area (Å²) in [4.78, 5) is 12.6. The number of amides is 1.